The van der Waals surface area contributed by atoms with E-state index in [1.807, 2.05) is 0 Å². The van der Waals surface area contributed by atoms with Crippen molar-refractivity contribution in [3.05, 3.63) is 17.0 Å². The standard InChI is InChI=1S/C14H20N2O5S2/c1-2-11(14(18)19)15-12(17)9-10-5-6-13(22-10)23(20,21)16-7-3-4-8-16/h5-6,11H,2-4,7-9H2,1H3,(H,15,17)(H,18,19). The molecule has 0 saturated carbocycles. The van der Waals surface area contributed by atoms with Crippen LogP contribution in [0.1, 0.15) is 31.1 Å². The van der Waals surface area contributed by atoms with Crippen LogP contribution in [0.5, 0.6) is 0 Å². The average molecular weight is 360 g/mol. The number of carbonyl (C=O) groups excluding carboxylic acids is 1. The van der Waals surface area contributed by atoms with Crippen LogP contribution in [0.25, 0.3) is 0 Å². The number of aliphatic carboxylic acids is 1. The van der Waals surface area contributed by atoms with Crippen molar-refractivity contribution >= 4 is 33.2 Å². The number of nitrogens with zero attached hydrogens (tertiary/aromatic N) is 1. The average Bonchev–Trinajstić information content (AvgIpc) is 3.15. The summed E-state index contributed by atoms with van der Waals surface area (Å²) in [7, 11) is -3.47. The Labute approximate surface area is 139 Å². The lowest BCUT2D eigenvalue weighted by Crippen LogP contribution is -2.40. The molecule has 0 aromatic carbocycles. The number of amides is 1. The Morgan fingerprint density at radius 1 is 1.35 bits per heavy atom. The van der Waals surface area contributed by atoms with Gasteiger partial charge in [-0.1, -0.05) is 6.92 Å². The van der Waals surface area contributed by atoms with Gasteiger partial charge in [0.1, 0.15) is 10.3 Å². The van der Waals surface area contributed by atoms with Gasteiger partial charge in [-0.2, -0.15) is 4.31 Å². The Balaban J connectivity index is 2.02. The van der Waals surface area contributed by atoms with E-state index in [2.05, 4.69) is 5.32 Å². The van der Waals surface area contributed by atoms with Crippen LogP contribution in [0.2, 0.25) is 0 Å². The van der Waals surface area contributed by atoms with E-state index < -0.39 is 27.9 Å². The molecule has 0 bridgehead atoms. The van der Waals surface area contributed by atoms with Crippen molar-refractivity contribution in [3.8, 4) is 0 Å². The highest BCUT2D eigenvalue weighted by Crippen LogP contribution is 2.27. The first-order valence-corrected chi connectivity index (χ1v) is 9.71. The minimum absolute atomic E-state index is 0.0238. The van der Waals surface area contributed by atoms with E-state index in [-0.39, 0.29) is 10.6 Å². The van der Waals surface area contributed by atoms with Crippen molar-refractivity contribution in [1.29, 1.82) is 0 Å². The molecule has 23 heavy (non-hydrogen) atoms. The zero-order valence-electron chi connectivity index (χ0n) is 12.8. The molecule has 1 amide bonds. The van der Waals surface area contributed by atoms with E-state index in [1.165, 1.54) is 10.4 Å². The molecule has 1 aromatic rings. The van der Waals surface area contributed by atoms with E-state index in [1.54, 1.807) is 13.0 Å². The van der Waals surface area contributed by atoms with Gasteiger partial charge >= 0.3 is 5.97 Å². The molecule has 1 unspecified atom stereocenters. The molecule has 9 heteroatoms. The maximum Gasteiger partial charge on any atom is 0.326 e. The van der Waals surface area contributed by atoms with E-state index in [9.17, 15) is 18.0 Å². The highest BCUT2D eigenvalue weighted by atomic mass is 32.2. The zero-order chi connectivity index (χ0) is 17.0. The van der Waals surface area contributed by atoms with Crippen LogP contribution in [0.15, 0.2) is 16.3 Å². The number of carboxylic acid groups (broad SMARTS) is 1. The third-order valence-electron chi connectivity index (χ3n) is 3.67. The van der Waals surface area contributed by atoms with Crippen LogP contribution in [0.4, 0.5) is 0 Å². The fourth-order valence-electron chi connectivity index (χ4n) is 2.39. The molecule has 1 saturated heterocycles. The molecule has 0 radical (unpaired) electrons. The molecule has 1 atom stereocenters. The molecule has 2 N–H and O–H groups in total. The predicted octanol–water partition coefficient (Wildman–Crippen LogP) is 1.05. The van der Waals surface area contributed by atoms with Gasteiger partial charge in [-0.3, -0.25) is 4.79 Å². The Kier molecular flexibility index (Phi) is 5.77. The summed E-state index contributed by atoms with van der Waals surface area (Å²) >= 11 is 1.06. The van der Waals surface area contributed by atoms with Crippen molar-refractivity contribution in [3.63, 3.8) is 0 Å². The van der Waals surface area contributed by atoms with Crippen LogP contribution in [-0.2, 0) is 26.0 Å². The fourth-order valence-corrected chi connectivity index (χ4v) is 5.42. The summed E-state index contributed by atoms with van der Waals surface area (Å²) in [6.45, 7) is 2.74. The summed E-state index contributed by atoms with van der Waals surface area (Å²) in [6, 6.07) is 2.19. The van der Waals surface area contributed by atoms with Gasteiger partial charge in [-0.15, -0.1) is 11.3 Å². The molecule has 0 spiro atoms. The third-order valence-corrected chi connectivity index (χ3v) is 7.12. The Bertz CT molecular complexity index is 677. The molecule has 1 aliphatic rings. The lowest BCUT2D eigenvalue weighted by atomic mass is 10.2. The zero-order valence-corrected chi connectivity index (χ0v) is 14.5. The minimum atomic E-state index is -3.47. The first-order chi connectivity index (χ1) is 10.8. The summed E-state index contributed by atoms with van der Waals surface area (Å²) in [4.78, 5) is 23.4. The van der Waals surface area contributed by atoms with Gasteiger partial charge in [0, 0.05) is 18.0 Å². The van der Waals surface area contributed by atoms with Gasteiger partial charge in [0.15, 0.2) is 0 Å². The lowest BCUT2D eigenvalue weighted by Gasteiger charge is -2.13. The quantitative estimate of drug-likeness (QED) is 0.756. The van der Waals surface area contributed by atoms with Crippen LogP contribution >= 0.6 is 11.3 Å². The number of sulfonamides is 1. The van der Waals surface area contributed by atoms with Crippen molar-refractivity contribution in [2.75, 3.05) is 13.1 Å². The predicted molar refractivity (Wildman–Crippen MR) is 85.9 cm³/mol. The van der Waals surface area contributed by atoms with Crippen molar-refractivity contribution in [2.45, 2.75) is 42.9 Å². The number of carboxylic acids is 1. The molecule has 2 rings (SSSR count). The summed E-state index contributed by atoms with van der Waals surface area (Å²) in [6.07, 6.45) is 2.00. The molecule has 1 aromatic heterocycles. The number of thiophene rings is 1. The maximum absolute atomic E-state index is 12.4. The summed E-state index contributed by atoms with van der Waals surface area (Å²) in [5, 5.41) is 11.3. The Hall–Kier alpha value is -1.45. The molecule has 0 aliphatic carbocycles. The highest BCUT2D eigenvalue weighted by Gasteiger charge is 2.28. The van der Waals surface area contributed by atoms with E-state index in [4.69, 9.17) is 5.11 Å². The van der Waals surface area contributed by atoms with E-state index in [0.717, 1.165) is 24.2 Å². The molecular formula is C14H20N2O5S2. The number of rotatable bonds is 7. The van der Waals surface area contributed by atoms with Crippen LogP contribution in [0, 0.1) is 0 Å². The van der Waals surface area contributed by atoms with Crippen molar-refractivity contribution < 1.29 is 23.1 Å². The molecular weight excluding hydrogens is 340 g/mol. The monoisotopic (exact) mass is 360 g/mol. The van der Waals surface area contributed by atoms with Crippen molar-refractivity contribution in [2.24, 2.45) is 0 Å². The third kappa shape index (κ3) is 4.30. The molecule has 2 heterocycles. The second-order valence-corrected chi connectivity index (χ2v) is 8.71. The topological polar surface area (TPSA) is 104 Å². The van der Waals surface area contributed by atoms with Gasteiger partial charge in [0.25, 0.3) is 10.0 Å². The normalized spacial score (nSPS) is 17.1. The summed E-state index contributed by atoms with van der Waals surface area (Å²) in [5.41, 5.74) is 0. The molecule has 1 fully saturated rings. The van der Waals surface area contributed by atoms with Crippen LogP contribution in [-0.4, -0.2) is 48.8 Å². The Morgan fingerprint density at radius 2 is 2.00 bits per heavy atom. The summed E-state index contributed by atoms with van der Waals surface area (Å²) < 4.78 is 26.5. The minimum Gasteiger partial charge on any atom is -0.480 e. The number of hydrogen-bond donors (Lipinski definition) is 2. The van der Waals surface area contributed by atoms with Gasteiger partial charge in [0.05, 0.1) is 6.42 Å². The fraction of sp³-hybridized carbons (Fsp3) is 0.571. The van der Waals surface area contributed by atoms with Gasteiger partial charge < -0.3 is 10.4 Å². The molecule has 1 aliphatic heterocycles. The number of carbonyl (C=O) groups is 2. The van der Waals surface area contributed by atoms with E-state index >= 15 is 0 Å². The van der Waals surface area contributed by atoms with Crippen LogP contribution < -0.4 is 5.32 Å². The lowest BCUT2D eigenvalue weighted by molar-refractivity contribution is -0.141. The summed E-state index contributed by atoms with van der Waals surface area (Å²) in [5.74, 6) is -1.50. The second kappa shape index (κ2) is 7.41. The van der Waals surface area contributed by atoms with Gasteiger partial charge in [-0.25, -0.2) is 13.2 Å². The number of hydrogen-bond acceptors (Lipinski definition) is 5. The first-order valence-electron chi connectivity index (χ1n) is 7.45. The van der Waals surface area contributed by atoms with Gasteiger partial charge in [-0.05, 0) is 31.4 Å². The van der Waals surface area contributed by atoms with Gasteiger partial charge in [0.2, 0.25) is 5.91 Å². The van der Waals surface area contributed by atoms with Crippen LogP contribution in [0.3, 0.4) is 0 Å². The number of nitrogens with one attached hydrogen (secondary N) is 1. The van der Waals surface area contributed by atoms with E-state index in [0.29, 0.717) is 24.4 Å². The Morgan fingerprint density at radius 3 is 2.57 bits per heavy atom. The SMILES string of the molecule is CCC(NC(=O)Cc1ccc(S(=O)(=O)N2CCCC2)s1)C(=O)O. The second-order valence-electron chi connectivity index (χ2n) is 5.38. The first kappa shape index (κ1) is 17.9. The maximum atomic E-state index is 12.4. The largest absolute Gasteiger partial charge is 0.480 e. The van der Waals surface area contributed by atoms with Crippen molar-refractivity contribution in [1.82, 2.24) is 9.62 Å². The highest BCUT2D eigenvalue weighted by molar-refractivity contribution is 7.91. The smallest absolute Gasteiger partial charge is 0.326 e. The molecule has 7 nitrogen and oxygen atoms in total. The molecule has 128 valence electrons.